The first-order chi connectivity index (χ1) is 8.31. The van der Waals surface area contributed by atoms with Crippen LogP contribution in [0, 0.1) is 0 Å². The van der Waals surface area contributed by atoms with Gasteiger partial charge in [0.05, 0.1) is 11.6 Å². The van der Waals surface area contributed by atoms with Gasteiger partial charge in [-0.1, -0.05) is 6.07 Å². The van der Waals surface area contributed by atoms with Crippen molar-refractivity contribution in [2.75, 3.05) is 7.11 Å². The number of nitrogens with one attached hydrogen (secondary N) is 2. The Hall–Kier alpha value is -1.23. The van der Waals surface area contributed by atoms with E-state index < -0.39 is 0 Å². The van der Waals surface area contributed by atoms with Crippen LogP contribution in [0.3, 0.4) is 0 Å². The molecule has 1 rings (SSSR count). The highest BCUT2D eigenvalue weighted by Crippen LogP contribution is 2.25. The Labute approximate surface area is 116 Å². The van der Waals surface area contributed by atoms with Gasteiger partial charge in [0.1, 0.15) is 5.75 Å². The van der Waals surface area contributed by atoms with Crippen molar-refractivity contribution >= 4 is 22.0 Å². The second-order valence-electron chi connectivity index (χ2n) is 5.03. The number of hydrogen-bond acceptors (Lipinski definition) is 2. The molecule has 0 spiro atoms. The monoisotopic (exact) mass is 314 g/mol. The molecule has 2 N–H and O–H groups in total. The molecule has 1 aromatic carbocycles. The van der Waals surface area contributed by atoms with Crippen molar-refractivity contribution < 1.29 is 9.53 Å². The third-order valence-corrected chi connectivity index (χ3v) is 2.78. The molecule has 0 fully saturated rings. The van der Waals surface area contributed by atoms with E-state index in [1.165, 1.54) is 0 Å². The van der Waals surface area contributed by atoms with Crippen molar-refractivity contribution in [2.24, 2.45) is 0 Å². The lowest BCUT2D eigenvalue weighted by Gasteiger charge is -2.20. The summed E-state index contributed by atoms with van der Waals surface area (Å²) in [4.78, 5) is 11.6. The van der Waals surface area contributed by atoms with Crippen molar-refractivity contribution in [3.8, 4) is 5.75 Å². The van der Waals surface area contributed by atoms with Gasteiger partial charge in [-0.25, -0.2) is 4.79 Å². The number of rotatable bonds is 3. The lowest BCUT2D eigenvalue weighted by Crippen LogP contribution is -2.46. The van der Waals surface area contributed by atoms with Crippen LogP contribution in [0.4, 0.5) is 4.79 Å². The first-order valence-electron chi connectivity index (χ1n) is 5.70. The number of carbonyl (C=O) groups is 1. The van der Waals surface area contributed by atoms with Crippen molar-refractivity contribution in [2.45, 2.75) is 32.9 Å². The number of carbonyl (C=O) groups excluding carboxylic acids is 1. The number of benzene rings is 1. The minimum absolute atomic E-state index is 0.172. The van der Waals surface area contributed by atoms with Gasteiger partial charge in [0.2, 0.25) is 0 Å². The zero-order chi connectivity index (χ0) is 13.8. The molecule has 18 heavy (non-hydrogen) atoms. The predicted molar refractivity (Wildman–Crippen MR) is 75.8 cm³/mol. The molecule has 0 aliphatic rings. The molecular formula is C13H19BrN2O2. The molecule has 0 aromatic heterocycles. The summed E-state index contributed by atoms with van der Waals surface area (Å²) in [7, 11) is 1.62. The lowest BCUT2D eigenvalue weighted by atomic mass is 10.1. The molecular weight excluding hydrogens is 296 g/mol. The van der Waals surface area contributed by atoms with Crippen molar-refractivity contribution in [3.05, 3.63) is 28.2 Å². The molecule has 0 saturated carbocycles. The van der Waals surface area contributed by atoms with E-state index in [1.54, 1.807) is 7.11 Å². The van der Waals surface area contributed by atoms with Gasteiger partial charge in [-0.15, -0.1) is 0 Å². The standard InChI is InChI=1S/C13H19BrN2O2/c1-13(2,3)16-12(17)15-8-9-5-6-11(18-4)10(14)7-9/h5-7H,8H2,1-4H3,(H2,15,16,17). The molecule has 0 unspecified atom stereocenters. The Balaban J connectivity index is 2.54. The number of ether oxygens (including phenoxy) is 1. The van der Waals surface area contributed by atoms with Crippen LogP contribution in [0.1, 0.15) is 26.3 Å². The largest absolute Gasteiger partial charge is 0.496 e. The fourth-order valence-corrected chi connectivity index (χ4v) is 1.98. The number of methoxy groups -OCH3 is 1. The van der Waals surface area contributed by atoms with Gasteiger partial charge in [0.25, 0.3) is 0 Å². The summed E-state index contributed by atoms with van der Waals surface area (Å²) in [6.07, 6.45) is 0. The summed E-state index contributed by atoms with van der Waals surface area (Å²) >= 11 is 3.41. The quantitative estimate of drug-likeness (QED) is 0.901. The van der Waals surface area contributed by atoms with E-state index in [9.17, 15) is 4.79 Å². The topological polar surface area (TPSA) is 50.4 Å². The highest BCUT2D eigenvalue weighted by molar-refractivity contribution is 9.10. The molecule has 1 aromatic rings. The number of amides is 2. The van der Waals surface area contributed by atoms with Gasteiger partial charge in [-0.2, -0.15) is 0 Å². The molecule has 0 aliphatic heterocycles. The first kappa shape index (κ1) is 14.8. The molecule has 0 atom stereocenters. The van der Waals surface area contributed by atoms with E-state index >= 15 is 0 Å². The normalized spacial score (nSPS) is 10.9. The Kier molecular flexibility index (Phi) is 5.02. The summed E-state index contributed by atoms with van der Waals surface area (Å²) in [5.41, 5.74) is 0.775. The second kappa shape index (κ2) is 6.09. The number of urea groups is 1. The predicted octanol–water partition coefficient (Wildman–Crippen LogP) is 3.06. The van der Waals surface area contributed by atoms with Crippen molar-refractivity contribution in [1.29, 1.82) is 0 Å². The van der Waals surface area contributed by atoms with Crippen LogP contribution in [0.5, 0.6) is 5.75 Å². The minimum Gasteiger partial charge on any atom is -0.496 e. The first-order valence-corrected chi connectivity index (χ1v) is 6.49. The Morgan fingerprint density at radius 1 is 1.39 bits per heavy atom. The summed E-state index contributed by atoms with van der Waals surface area (Å²) in [5, 5.41) is 5.65. The van der Waals surface area contributed by atoms with E-state index in [0.717, 1.165) is 15.8 Å². The van der Waals surface area contributed by atoms with E-state index in [1.807, 2.05) is 39.0 Å². The Bertz CT molecular complexity index is 427. The maximum atomic E-state index is 11.6. The summed E-state index contributed by atoms with van der Waals surface area (Å²) in [6, 6.07) is 5.54. The van der Waals surface area contributed by atoms with Crippen LogP contribution in [0.2, 0.25) is 0 Å². The van der Waals surface area contributed by atoms with Crippen LogP contribution < -0.4 is 15.4 Å². The summed E-state index contributed by atoms with van der Waals surface area (Å²) < 4.78 is 6.02. The van der Waals surface area contributed by atoms with E-state index in [0.29, 0.717) is 6.54 Å². The smallest absolute Gasteiger partial charge is 0.315 e. The van der Waals surface area contributed by atoms with E-state index in [2.05, 4.69) is 26.6 Å². The van der Waals surface area contributed by atoms with Crippen LogP contribution in [-0.2, 0) is 6.54 Å². The molecule has 100 valence electrons. The zero-order valence-corrected chi connectivity index (χ0v) is 12.7. The van der Waals surface area contributed by atoms with Gasteiger partial charge in [-0.3, -0.25) is 0 Å². The zero-order valence-electron chi connectivity index (χ0n) is 11.1. The molecule has 0 aliphatic carbocycles. The fraction of sp³-hybridized carbons (Fsp3) is 0.462. The fourth-order valence-electron chi connectivity index (χ4n) is 1.39. The van der Waals surface area contributed by atoms with Crippen molar-refractivity contribution in [1.82, 2.24) is 10.6 Å². The summed E-state index contributed by atoms with van der Waals surface area (Å²) in [6.45, 7) is 6.30. The van der Waals surface area contributed by atoms with Crippen molar-refractivity contribution in [3.63, 3.8) is 0 Å². The highest BCUT2D eigenvalue weighted by Gasteiger charge is 2.13. The Morgan fingerprint density at radius 3 is 2.56 bits per heavy atom. The van der Waals surface area contributed by atoms with Gasteiger partial charge in [0.15, 0.2) is 0 Å². The molecule has 0 heterocycles. The molecule has 5 heteroatoms. The van der Waals surface area contributed by atoms with Gasteiger partial charge >= 0.3 is 6.03 Å². The molecule has 0 bridgehead atoms. The number of halogens is 1. The minimum atomic E-state index is -0.232. The third-order valence-electron chi connectivity index (χ3n) is 2.16. The maximum Gasteiger partial charge on any atom is 0.315 e. The molecule has 0 radical (unpaired) electrons. The summed E-state index contributed by atoms with van der Waals surface area (Å²) in [5.74, 6) is 0.776. The second-order valence-corrected chi connectivity index (χ2v) is 5.88. The van der Waals surface area contributed by atoms with Crippen LogP contribution in [0.15, 0.2) is 22.7 Å². The molecule has 4 nitrogen and oxygen atoms in total. The maximum absolute atomic E-state index is 11.6. The van der Waals surface area contributed by atoms with E-state index in [-0.39, 0.29) is 11.6 Å². The molecule has 0 saturated heterocycles. The van der Waals surface area contributed by atoms with E-state index in [4.69, 9.17) is 4.74 Å². The van der Waals surface area contributed by atoms with Gasteiger partial charge in [0, 0.05) is 12.1 Å². The lowest BCUT2D eigenvalue weighted by molar-refractivity contribution is 0.231. The average molecular weight is 315 g/mol. The average Bonchev–Trinajstić information content (AvgIpc) is 2.24. The molecule has 2 amide bonds. The van der Waals surface area contributed by atoms with Gasteiger partial charge in [-0.05, 0) is 54.4 Å². The van der Waals surface area contributed by atoms with Crippen LogP contribution in [-0.4, -0.2) is 18.7 Å². The Morgan fingerprint density at radius 2 is 2.06 bits per heavy atom. The SMILES string of the molecule is COc1ccc(CNC(=O)NC(C)(C)C)cc1Br. The van der Waals surface area contributed by atoms with Crippen LogP contribution >= 0.6 is 15.9 Å². The number of hydrogen-bond donors (Lipinski definition) is 2. The highest BCUT2D eigenvalue weighted by atomic mass is 79.9. The van der Waals surface area contributed by atoms with Gasteiger partial charge < -0.3 is 15.4 Å². The third kappa shape index (κ3) is 4.96. The van der Waals surface area contributed by atoms with Crippen LogP contribution in [0.25, 0.3) is 0 Å².